The van der Waals surface area contributed by atoms with Gasteiger partial charge < -0.3 is 9.84 Å². The van der Waals surface area contributed by atoms with Crippen LogP contribution in [0.2, 0.25) is 0 Å². The van der Waals surface area contributed by atoms with Gasteiger partial charge in [0.05, 0.1) is 0 Å². The van der Waals surface area contributed by atoms with Crippen LogP contribution in [0.15, 0.2) is 12.2 Å². The Morgan fingerprint density at radius 2 is 1.09 bits per heavy atom. The molecular formula is C31H58O4. The number of carboxylic acid groups (broad SMARTS) is 1. The zero-order valence-corrected chi connectivity index (χ0v) is 23.4. The van der Waals surface area contributed by atoms with Crippen LogP contribution in [0.3, 0.4) is 0 Å². The van der Waals surface area contributed by atoms with Crippen molar-refractivity contribution in [2.24, 2.45) is 0 Å². The van der Waals surface area contributed by atoms with E-state index >= 15 is 0 Å². The minimum absolute atomic E-state index is 0.00387. The molecule has 0 spiro atoms. The molecule has 0 bridgehead atoms. The van der Waals surface area contributed by atoms with Gasteiger partial charge in [-0.25, -0.2) is 0 Å². The van der Waals surface area contributed by atoms with E-state index in [0.29, 0.717) is 12.8 Å². The number of hydrogen-bond acceptors (Lipinski definition) is 3. The lowest BCUT2D eigenvalue weighted by molar-refractivity contribution is -0.150. The average molecular weight is 495 g/mol. The number of carbonyl (C=O) groups excluding carboxylic acids is 1. The molecule has 0 saturated carbocycles. The Hall–Kier alpha value is -1.32. The first kappa shape index (κ1) is 33.7. The van der Waals surface area contributed by atoms with Crippen molar-refractivity contribution in [2.75, 3.05) is 0 Å². The molecule has 1 atom stereocenters. The molecular weight excluding hydrogens is 436 g/mol. The summed E-state index contributed by atoms with van der Waals surface area (Å²) in [6, 6.07) is 0. The van der Waals surface area contributed by atoms with Gasteiger partial charge in [-0.05, 0) is 57.8 Å². The van der Waals surface area contributed by atoms with Crippen molar-refractivity contribution in [1.82, 2.24) is 0 Å². The summed E-state index contributed by atoms with van der Waals surface area (Å²) in [6.45, 7) is 4.42. The van der Waals surface area contributed by atoms with Crippen molar-refractivity contribution in [3.8, 4) is 0 Å². The van der Waals surface area contributed by atoms with E-state index in [0.717, 1.165) is 57.8 Å². The van der Waals surface area contributed by atoms with Gasteiger partial charge in [0.25, 0.3) is 0 Å². The maximum absolute atomic E-state index is 12.3. The molecule has 0 aliphatic rings. The molecule has 0 fully saturated rings. The number of carbonyl (C=O) groups is 2. The largest absolute Gasteiger partial charge is 0.481 e. The third-order valence-electron chi connectivity index (χ3n) is 6.72. The van der Waals surface area contributed by atoms with Crippen LogP contribution in [0, 0.1) is 0 Å². The Balaban J connectivity index is 3.61. The molecule has 0 rings (SSSR count). The maximum Gasteiger partial charge on any atom is 0.306 e. The van der Waals surface area contributed by atoms with Crippen molar-refractivity contribution in [3.05, 3.63) is 12.2 Å². The van der Waals surface area contributed by atoms with Gasteiger partial charge in [-0.15, -0.1) is 0 Å². The topological polar surface area (TPSA) is 63.6 Å². The van der Waals surface area contributed by atoms with Gasteiger partial charge in [0.15, 0.2) is 0 Å². The van der Waals surface area contributed by atoms with Gasteiger partial charge in [0, 0.05) is 12.8 Å². The summed E-state index contributed by atoms with van der Waals surface area (Å²) in [6.07, 6.45) is 31.2. The van der Waals surface area contributed by atoms with Crippen LogP contribution in [0.1, 0.15) is 168 Å². The molecule has 0 amide bonds. The Bertz CT molecular complexity index is 500. The maximum atomic E-state index is 12.3. The van der Waals surface area contributed by atoms with E-state index < -0.39 is 5.97 Å². The van der Waals surface area contributed by atoms with Gasteiger partial charge in [0.1, 0.15) is 6.10 Å². The monoisotopic (exact) mass is 494 g/mol. The average Bonchev–Trinajstić information content (AvgIpc) is 2.83. The lowest BCUT2D eigenvalue weighted by atomic mass is 10.0. The van der Waals surface area contributed by atoms with Crippen molar-refractivity contribution >= 4 is 11.9 Å². The minimum atomic E-state index is -0.686. The first-order valence-electron chi connectivity index (χ1n) is 15.2. The highest BCUT2D eigenvalue weighted by molar-refractivity contribution is 5.69. The lowest BCUT2D eigenvalue weighted by Gasteiger charge is -2.17. The Labute approximate surface area is 217 Å². The van der Waals surface area contributed by atoms with E-state index in [1.807, 2.05) is 0 Å². The molecule has 1 N–H and O–H groups in total. The molecule has 0 heterocycles. The third-order valence-corrected chi connectivity index (χ3v) is 6.72. The molecule has 206 valence electrons. The third kappa shape index (κ3) is 27.1. The second kappa shape index (κ2) is 27.3. The number of rotatable bonds is 27. The van der Waals surface area contributed by atoms with Crippen LogP contribution in [-0.2, 0) is 14.3 Å². The molecule has 0 aromatic rings. The number of hydrogen-bond donors (Lipinski definition) is 1. The molecule has 0 aliphatic carbocycles. The van der Waals surface area contributed by atoms with Crippen molar-refractivity contribution in [3.63, 3.8) is 0 Å². The number of esters is 1. The van der Waals surface area contributed by atoms with E-state index in [-0.39, 0.29) is 12.1 Å². The summed E-state index contributed by atoms with van der Waals surface area (Å²) in [4.78, 5) is 22.8. The number of carboxylic acids is 1. The van der Waals surface area contributed by atoms with Crippen LogP contribution < -0.4 is 0 Å². The Kier molecular flexibility index (Phi) is 26.2. The summed E-state index contributed by atoms with van der Waals surface area (Å²) in [5, 5.41) is 8.64. The second-order valence-electron chi connectivity index (χ2n) is 10.3. The zero-order valence-electron chi connectivity index (χ0n) is 23.4. The van der Waals surface area contributed by atoms with Crippen molar-refractivity contribution in [1.29, 1.82) is 0 Å². The van der Waals surface area contributed by atoms with Crippen LogP contribution in [0.4, 0.5) is 0 Å². The molecule has 35 heavy (non-hydrogen) atoms. The van der Waals surface area contributed by atoms with E-state index in [1.54, 1.807) is 0 Å². The molecule has 4 heteroatoms. The molecule has 0 aromatic carbocycles. The molecule has 0 radical (unpaired) electrons. The van der Waals surface area contributed by atoms with Gasteiger partial charge in [-0.3, -0.25) is 9.59 Å². The van der Waals surface area contributed by atoms with Crippen molar-refractivity contribution < 1.29 is 19.4 Å². The fraction of sp³-hybridized carbons (Fsp3) is 0.871. The smallest absolute Gasteiger partial charge is 0.306 e. The SMILES string of the molecule is CCCCCC/C=C\CCCCCCCC(=O)OC(CCC)CCCCCCCCCCC(=O)O. The summed E-state index contributed by atoms with van der Waals surface area (Å²) >= 11 is 0. The van der Waals surface area contributed by atoms with Gasteiger partial charge in [-0.1, -0.05) is 109 Å². The van der Waals surface area contributed by atoms with E-state index in [9.17, 15) is 9.59 Å². The molecule has 0 aliphatic heterocycles. The first-order valence-corrected chi connectivity index (χ1v) is 15.2. The summed E-state index contributed by atoms with van der Waals surface area (Å²) in [5.41, 5.74) is 0. The highest BCUT2D eigenvalue weighted by atomic mass is 16.5. The predicted octanol–water partition coefficient (Wildman–Crippen LogP) is 9.94. The molecule has 4 nitrogen and oxygen atoms in total. The van der Waals surface area contributed by atoms with Gasteiger partial charge in [0.2, 0.25) is 0 Å². The van der Waals surface area contributed by atoms with Crippen LogP contribution in [-0.4, -0.2) is 23.1 Å². The van der Waals surface area contributed by atoms with Crippen LogP contribution in [0.25, 0.3) is 0 Å². The highest BCUT2D eigenvalue weighted by Gasteiger charge is 2.13. The highest BCUT2D eigenvalue weighted by Crippen LogP contribution is 2.17. The Morgan fingerprint density at radius 1 is 0.600 bits per heavy atom. The number of aliphatic carboxylic acids is 1. The van der Waals surface area contributed by atoms with Crippen LogP contribution in [0.5, 0.6) is 0 Å². The molecule has 0 saturated heterocycles. The number of ether oxygens (including phenoxy) is 1. The van der Waals surface area contributed by atoms with E-state index in [4.69, 9.17) is 9.84 Å². The predicted molar refractivity (Wildman–Crippen MR) is 149 cm³/mol. The minimum Gasteiger partial charge on any atom is -0.481 e. The second-order valence-corrected chi connectivity index (χ2v) is 10.3. The fourth-order valence-corrected chi connectivity index (χ4v) is 4.52. The van der Waals surface area contributed by atoms with Crippen molar-refractivity contribution in [2.45, 2.75) is 174 Å². The number of unbranched alkanes of at least 4 members (excludes halogenated alkanes) is 16. The summed E-state index contributed by atoms with van der Waals surface area (Å²) in [5.74, 6) is -0.689. The quantitative estimate of drug-likeness (QED) is 0.0701. The Morgan fingerprint density at radius 3 is 1.63 bits per heavy atom. The lowest BCUT2D eigenvalue weighted by Crippen LogP contribution is -2.18. The molecule has 0 aromatic heterocycles. The summed E-state index contributed by atoms with van der Waals surface area (Å²) in [7, 11) is 0. The normalized spacial score (nSPS) is 12.3. The van der Waals surface area contributed by atoms with Gasteiger partial charge in [-0.2, -0.15) is 0 Å². The van der Waals surface area contributed by atoms with Gasteiger partial charge >= 0.3 is 11.9 Å². The first-order chi connectivity index (χ1) is 17.1. The fourth-order valence-electron chi connectivity index (χ4n) is 4.52. The van der Waals surface area contributed by atoms with Crippen LogP contribution >= 0.6 is 0 Å². The standard InChI is InChI=1S/C31H58O4/c1-3-5-6-7-8-9-10-11-12-13-18-21-24-28-31(34)35-29(25-4-2)26-22-19-16-14-15-17-20-23-27-30(32)33/h9-10,29H,3-8,11-28H2,1-2H3,(H,32,33)/b10-9-. The molecule has 1 unspecified atom stereocenters. The van der Waals surface area contributed by atoms with E-state index in [1.165, 1.54) is 83.5 Å². The summed E-state index contributed by atoms with van der Waals surface area (Å²) < 4.78 is 5.79. The zero-order chi connectivity index (χ0) is 25.8. The number of allylic oxidation sites excluding steroid dienone is 2. The van der Waals surface area contributed by atoms with E-state index in [2.05, 4.69) is 26.0 Å².